The smallest absolute Gasteiger partial charge is 0.0579 e. The molecular weight excluding hydrogens is 140 g/mol. The van der Waals surface area contributed by atoms with E-state index in [9.17, 15) is 5.11 Å². The van der Waals surface area contributed by atoms with Crippen LogP contribution in [0.1, 0.15) is 26.2 Å². The molecular formula is C9H16O2. The first-order valence-electron chi connectivity index (χ1n) is 4.57. The molecule has 1 aliphatic heterocycles. The van der Waals surface area contributed by atoms with Crippen LogP contribution in [0.4, 0.5) is 0 Å². The third-order valence-electron chi connectivity index (χ3n) is 3.16. The van der Waals surface area contributed by atoms with E-state index in [-0.39, 0.29) is 6.10 Å². The topological polar surface area (TPSA) is 29.5 Å². The molecule has 1 heterocycles. The van der Waals surface area contributed by atoms with E-state index < -0.39 is 0 Å². The summed E-state index contributed by atoms with van der Waals surface area (Å²) in [5.74, 6) is 1.16. The van der Waals surface area contributed by atoms with Crippen molar-refractivity contribution < 1.29 is 9.84 Å². The van der Waals surface area contributed by atoms with Crippen LogP contribution in [0, 0.1) is 11.8 Å². The number of ether oxygens (including phenoxy) is 1. The van der Waals surface area contributed by atoms with E-state index >= 15 is 0 Å². The molecule has 2 aliphatic rings. The minimum atomic E-state index is -0.136. The lowest BCUT2D eigenvalue weighted by Gasteiger charge is -2.28. The van der Waals surface area contributed by atoms with Gasteiger partial charge in [0.1, 0.15) is 0 Å². The summed E-state index contributed by atoms with van der Waals surface area (Å²) in [6, 6.07) is 0. The van der Waals surface area contributed by atoms with Crippen molar-refractivity contribution in [1.29, 1.82) is 0 Å². The highest BCUT2D eigenvalue weighted by atomic mass is 16.5. The molecule has 1 aliphatic carbocycles. The number of hydrogen-bond acceptors (Lipinski definition) is 2. The van der Waals surface area contributed by atoms with Gasteiger partial charge in [0.2, 0.25) is 0 Å². The van der Waals surface area contributed by atoms with Crippen molar-refractivity contribution in [2.24, 2.45) is 11.8 Å². The molecule has 2 heteroatoms. The molecule has 2 rings (SSSR count). The molecule has 4 atom stereocenters. The van der Waals surface area contributed by atoms with E-state index in [0.29, 0.717) is 17.9 Å². The van der Waals surface area contributed by atoms with Gasteiger partial charge >= 0.3 is 0 Å². The van der Waals surface area contributed by atoms with Crippen molar-refractivity contribution in [2.45, 2.75) is 38.4 Å². The standard InChI is InChI=1S/C9H16O2/c1-6(10)9-3-2-8-4-7(9)5-11-8/h6-10H,2-5H2,1H3. The second-order valence-corrected chi connectivity index (χ2v) is 3.93. The largest absolute Gasteiger partial charge is 0.393 e. The van der Waals surface area contributed by atoms with Crippen LogP contribution in [0.3, 0.4) is 0 Å². The van der Waals surface area contributed by atoms with Gasteiger partial charge in [-0.1, -0.05) is 0 Å². The lowest BCUT2D eigenvalue weighted by atomic mass is 9.78. The van der Waals surface area contributed by atoms with Gasteiger partial charge in [0.05, 0.1) is 18.8 Å². The lowest BCUT2D eigenvalue weighted by Crippen LogP contribution is -2.29. The first-order chi connectivity index (χ1) is 5.27. The second kappa shape index (κ2) is 2.76. The molecule has 4 unspecified atom stereocenters. The number of hydrogen-bond donors (Lipinski definition) is 1. The Morgan fingerprint density at radius 3 is 3.00 bits per heavy atom. The van der Waals surface area contributed by atoms with E-state index in [1.807, 2.05) is 6.92 Å². The van der Waals surface area contributed by atoms with E-state index in [1.54, 1.807) is 0 Å². The van der Waals surface area contributed by atoms with Crippen molar-refractivity contribution in [2.75, 3.05) is 6.61 Å². The van der Waals surface area contributed by atoms with Crippen molar-refractivity contribution >= 4 is 0 Å². The quantitative estimate of drug-likeness (QED) is 0.617. The maximum Gasteiger partial charge on any atom is 0.0579 e. The summed E-state index contributed by atoms with van der Waals surface area (Å²) in [6.07, 6.45) is 3.90. The Hall–Kier alpha value is -0.0800. The summed E-state index contributed by atoms with van der Waals surface area (Å²) < 4.78 is 5.55. The highest BCUT2D eigenvalue weighted by molar-refractivity contribution is 4.87. The maximum absolute atomic E-state index is 9.44. The third-order valence-corrected chi connectivity index (χ3v) is 3.16. The van der Waals surface area contributed by atoms with Gasteiger partial charge in [0.25, 0.3) is 0 Å². The maximum atomic E-state index is 9.44. The summed E-state index contributed by atoms with van der Waals surface area (Å²) in [6.45, 7) is 2.80. The summed E-state index contributed by atoms with van der Waals surface area (Å²) in [7, 11) is 0. The van der Waals surface area contributed by atoms with Crippen LogP contribution in [-0.2, 0) is 4.74 Å². The van der Waals surface area contributed by atoms with Crippen LogP contribution >= 0.6 is 0 Å². The van der Waals surface area contributed by atoms with Crippen molar-refractivity contribution in [3.05, 3.63) is 0 Å². The van der Waals surface area contributed by atoms with Gasteiger partial charge in [0.15, 0.2) is 0 Å². The van der Waals surface area contributed by atoms with Crippen LogP contribution < -0.4 is 0 Å². The average Bonchev–Trinajstić information content (AvgIpc) is 2.32. The number of fused-ring (bicyclic) bond motifs is 2. The molecule has 0 spiro atoms. The number of aliphatic hydroxyl groups is 1. The average molecular weight is 156 g/mol. The second-order valence-electron chi connectivity index (χ2n) is 3.93. The molecule has 64 valence electrons. The monoisotopic (exact) mass is 156 g/mol. The first-order valence-corrected chi connectivity index (χ1v) is 4.57. The molecule has 1 saturated heterocycles. The summed E-state index contributed by atoms with van der Waals surface area (Å²) in [5, 5.41) is 9.44. The fraction of sp³-hybridized carbons (Fsp3) is 1.00. The fourth-order valence-corrected chi connectivity index (χ4v) is 2.48. The molecule has 0 aromatic rings. The van der Waals surface area contributed by atoms with Crippen LogP contribution in [0.25, 0.3) is 0 Å². The Morgan fingerprint density at radius 1 is 1.45 bits per heavy atom. The Morgan fingerprint density at radius 2 is 2.27 bits per heavy atom. The zero-order valence-electron chi connectivity index (χ0n) is 6.99. The lowest BCUT2D eigenvalue weighted by molar-refractivity contribution is 0.0740. The Bertz CT molecular complexity index is 144. The van der Waals surface area contributed by atoms with Gasteiger partial charge in [-0.2, -0.15) is 0 Å². The Balaban J connectivity index is 2.01. The molecule has 1 N–H and O–H groups in total. The molecule has 2 bridgehead atoms. The summed E-state index contributed by atoms with van der Waals surface area (Å²) in [4.78, 5) is 0. The molecule has 0 aromatic heterocycles. The third kappa shape index (κ3) is 1.30. The van der Waals surface area contributed by atoms with Gasteiger partial charge in [0, 0.05) is 0 Å². The van der Waals surface area contributed by atoms with E-state index in [4.69, 9.17) is 4.74 Å². The van der Waals surface area contributed by atoms with E-state index in [1.165, 1.54) is 6.42 Å². The fourth-order valence-electron chi connectivity index (χ4n) is 2.48. The highest BCUT2D eigenvalue weighted by Crippen LogP contribution is 2.38. The molecule has 2 nitrogen and oxygen atoms in total. The minimum absolute atomic E-state index is 0.136. The van der Waals surface area contributed by atoms with Crippen molar-refractivity contribution in [1.82, 2.24) is 0 Å². The van der Waals surface area contributed by atoms with Gasteiger partial charge in [-0.15, -0.1) is 0 Å². The SMILES string of the molecule is CC(O)C1CCC2CC1CO2. The zero-order valence-corrected chi connectivity index (χ0v) is 6.99. The molecule has 0 aromatic carbocycles. The first kappa shape index (κ1) is 7.56. The van der Waals surface area contributed by atoms with Gasteiger partial charge in [-0.3, -0.25) is 0 Å². The van der Waals surface area contributed by atoms with Crippen molar-refractivity contribution in [3.63, 3.8) is 0 Å². The zero-order chi connectivity index (χ0) is 7.84. The Kier molecular flexibility index (Phi) is 1.90. The van der Waals surface area contributed by atoms with Gasteiger partial charge in [-0.05, 0) is 38.0 Å². The van der Waals surface area contributed by atoms with Crippen molar-refractivity contribution in [3.8, 4) is 0 Å². The minimum Gasteiger partial charge on any atom is -0.393 e. The predicted molar refractivity (Wildman–Crippen MR) is 42.3 cm³/mol. The van der Waals surface area contributed by atoms with Crippen LogP contribution in [0.2, 0.25) is 0 Å². The number of aliphatic hydroxyl groups excluding tert-OH is 1. The van der Waals surface area contributed by atoms with Gasteiger partial charge < -0.3 is 9.84 Å². The van der Waals surface area contributed by atoms with E-state index in [2.05, 4.69) is 0 Å². The normalized spacial score (nSPS) is 45.8. The summed E-state index contributed by atoms with van der Waals surface area (Å²) in [5.41, 5.74) is 0. The van der Waals surface area contributed by atoms with Crippen LogP contribution in [-0.4, -0.2) is 23.9 Å². The highest BCUT2D eigenvalue weighted by Gasteiger charge is 2.38. The predicted octanol–water partition coefficient (Wildman–Crippen LogP) is 1.18. The van der Waals surface area contributed by atoms with Gasteiger partial charge in [-0.25, -0.2) is 0 Å². The molecule has 0 radical (unpaired) electrons. The molecule has 11 heavy (non-hydrogen) atoms. The summed E-state index contributed by atoms with van der Waals surface area (Å²) >= 11 is 0. The molecule has 1 saturated carbocycles. The van der Waals surface area contributed by atoms with Crippen LogP contribution in [0.5, 0.6) is 0 Å². The van der Waals surface area contributed by atoms with E-state index in [0.717, 1.165) is 19.4 Å². The number of rotatable bonds is 1. The Labute approximate surface area is 67.6 Å². The molecule has 0 amide bonds. The van der Waals surface area contributed by atoms with Crippen LogP contribution in [0.15, 0.2) is 0 Å². The molecule has 2 fully saturated rings.